The molecule has 0 atom stereocenters. The van der Waals surface area contributed by atoms with Gasteiger partial charge in [-0.05, 0) is 18.2 Å². The van der Waals surface area contributed by atoms with Crippen molar-refractivity contribution in [1.82, 2.24) is 0 Å². The van der Waals surface area contributed by atoms with Crippen LogP contribution in [0.25, 0.3) is 0 Å². The number of ketones is 1. The van der Waals surface area contributed by atoms with Crippen molar-refractivity contribution in [2.24, 2.45) is 0 Å². The molecule has 0 heterocycles. The van der Waals surface area contributed by atoms with Crippen LogP contribution < -0.4 is 5.73 Å². The second kappa shape index (κ2) is 7.09. The molecular weight excluding hydrogens is 254 g/mol. The average Bonchev–Trinajstić information content (AvgIpc) is 2.49. The summed E-state index contributed by atoms with van der Waals surface area (Å²) in [7, 11) is 0. The van der Waals surface area contributed by atoms with E-state index in [1.54, 1.807) is 36.4 Å². The smallest absolute Gasteiger partial charge is 0.336 e. The van der Waals surface area contributed by atoms with Gasteiger partial charge in [0, 0.05) is 16.8 Å². The number of nitrogens with two attached hydrogens (primary N) is 1. The van der Waals surface area contributed by atoms with E-state index in [4.69, 9.17) is 10.8 Å². The van der Waals surface area contributed by atoms with E-state index >= 15 is 0 Å². The van der Waals surface area contributed by atoms with Crippen LogP contribution in [0, 0.1) is 0 Å². The van der Waals surface area contributed by atoms with Gasteiger partial charge in [0.25, 0.3) is 0 Å². The summed E-state index contributed by atoms with van der Waals surface area (Å²) in [6.45, 7) is 4.00. The largest absolute Gasteiger partial charge is 0.478 e. The van der Waals surface area contributed by atoms with Crippen molar-refractivity contribution in [3.05, 3.63) is 65.2 Å². The zero-order valence-corrected chi connectivity index (χ0v) is 11.5. The minimum Gasteiger partial charge on any atom is -0.478 e. The van der Waals surface area contributed by atoms with E-state index < -0.39 is 5.97 Å². The third-order valence-electron chi connectivity index (χ3n) is 2.61. The fourth-order valence-electron chi connectivity index (χ4n) is 1.72. The van der Waals surface area contributed by atoms with Crippen molar-refractivity contribution in [3.63, 3.8) is 0 Å². The van der Waals surface area contributed by atoms with Gasteiger partial charge in [0.1, 0.15) is 0 Å². The lowest BCUT2D eigenvalue weighted by molar-refractivity contribution is 0.0693. The van der Waals surface area contributed by atoms with E-state index in [2.05, 4.69) is 0 Å². The SMILES string of the molecule is CC.Nc1ccccc1C(=O)c1ccccc1C(=O)O. The first-order valence-corrected chi connectivity index (χ1v) is 6.33. The molecule has 4 heteroatoms. The van der Waals surface area contributed by atoms with E-state index in [0.717, 1.165) is 0 Å². The lowest BCUT2D eigenvalue weighted by Gasteiger charge is -2.07. The molecule has 0 aliphatic rings. The van der Waals surface area contributed by atoms with Gasteiger partial charge in [-0.25, -0.2) is 4.79 Å². The van der Waals surface area contributed by atoms with Gasteiger partial charge in [-0.15, -0.1) is 0 Å². The molecule has 4 nitrogen and oxygen atoms in total. The Morgan fingerprint density at radius 2 is 1.30 bits per heavy atom. The molecule has 0 fully saturated rings. The molecule has 3 N–H and O–H groups in total. The van der Waals surface area contributed by atoms with Crippen molar-refractivity contribution >= 4 is 17.4 Å². The van der Waals surface area contributed by atoms with Gasteiger partial charge in [0.05, 0.1) is 5.56 Å². The average molecular weight is 271 g/mol. The van der Waals surface area contributed by atoms with Gasteiger partial charge in [-0.1, -0.05) is 44.2 Å². The molecule has 0 amide bonds. The third-order valence-corrected chi connectivity index (χ3v) is 2.61. The van der Waals surface area contributed by atoms with Crippen LogP contribution in [0.2, 0.25) is 0 Å². The molecule has 0 aliphatic heterocycles. The highest BCUT2D eigenvalue weighted by Crippen LogP contribution is 2.19. The minimum absolute atomic E-state index is 0.0225. The Labute approximate surface area is 117 Å². The molecule has 0 saturated heterocycles. The monoisotopic (exact) mass is 271 g/mol. The fraction of sp³-hybridized carbons (Fsp3) is 0.125. The van der Waals surface area contributed by atoms with Crippen LogP contribution in [-0.4, -0.2) is 16.9 Å². The zero-order chi connectivity index (χ0) is 15.1. The van der Waals surface area contributed by atoms with Gasteiger partial charge in [0.2, 0.25) is 0 Å². The van der Waals surface area contributed by atoms with Crippen LogP contribution in [-0.2, 0) is 0 Å². The highest BCUT2D eigenvalue weighted by Gasteiger charge is 2.18. The predicted octanol–water partition coefficient (Wildman–Crippen LogP) is 3.22. The number of nitrogen functional groups attached to an aromatic ring is 1. The van der Waals surface area contributed by atoms with Gasteiger partial charge in [0.15, 0.2) is 5.78 Å². The maximum Gasteiger partial charge on any atom is 0.336 e. The van der Waals surface area contributed by atoms with Crippen LogP contribution in [0.3, 0.4) is 0 Å². The van der Waals surface area contributed by atoms with Gasteiger partial charge < -0.3 is 10.8 Å². The number of carbonyl (C=O) groups is 2. The lowest BCUT2D eigenvalue weighted by atomic mass is 9.97. The number of aromatic carboxylic acids is 1. The molecule has 0 aliphatic carbocycles. The second-order valence-corrected chi connectivity index (χ2v) is 3.77. The number of hydrogen-bond donors (Lipinski definition) is 2. The molecule has 2 aromatic carbocycles. The molecule has 0 radical (unpaired) electrons. The fourth-order valence-corrected chi connectivity index (χ4v) is 1.72. The molecule has 2 aromatic rings. The molecule has 104 valence electrons. The summed E-state index contributed by atoms with van der Waals surface area (Å²) >= 11 is 0. The van der Waals surface area contributed by atoms with E-state index in [9.17, 15) is 9.59 Å². The van der Waals surface area contributed by atoms with Crippen molar-refractivity contribution in [3.8, 4) is 0 Å². The van der Waals surface area contributed by atoms with Gasteiger partial charge in [-0.3, -0.25) is 4.79 Å². The summed E-state index contributed by atoms with van der Waals surface area (Å²) in [4.78, 5) is 23.3. The van der Waals surface area contributed by atoms with Crippen molar-refractivity contribution in [1.29, 1.82) is 0 Å². The Bertz CT molecular complexity index is 621. The molecule has 0 unspecified atom stereocenters. The first-order chi connectivity index (χ1) is 9.61. The summed E-state index contributed by atoms with van der Waals surface area (Å²) in [6.07, 6.45) is 0. The zero-order valence-electron chi connectivity index (χ0n) is 11.5. The summed E-state index contributed by atoms with van der Waals surface area (Å²) in [6, 6.07) is 12.7. The number of anilines is 1. The first kappa shape index (κ1) is 15.4. The number of hydrogen-bond acceptors (Lipinski definition) is 3. The topological polar surface area (TPSA) is 80.4 Å². The van der Waals surface area contributed by atoms with Crippen LogP contribution in [0.4, 0.5) is 5.69 Å². The van der Waals surface area contributed by atoms with E-state index in [1.165, 1.54) is 12.1 Å². The molecule has 0 saturated carbocycles. The van der Waals surface area contributed by atoms with E-state index in [-0.39, 0.29) is 16.9 Å². The van der Waals surface area contributed by atoms with E-state index in [0.29, 0.717) is 11.3 Å². The molecule has 0 spiro atoms. The summed E-state index contributed by atoms with van der Waals surface area (Å²) in [5, 5.41) is 9.05. The Kier molecular flexibility index (Phi) is 5.47. The van der Waals surface area contributed by atoms with Crippen LogP contribution in [0.1, 0.15) is 40.1 Å². The molecule has 0 bridgehead atoms. The minimum atomic E-state index is -1.13. The molecule has 2 rings (SSSR count). The lowest BCUT2D eigenvalue weighted by Crippen LogP contribution is -2.11. The maximum atomic E-state index is 12.2. The standard InChI is InChI=1S/C14H11NO3.C2H6/c15-12-8-4-3-7-11(12)13(16)9-5-1-2-6-10(9)14(17)18;1-2/h1-8H,15H2,(H,17,18);1-2H3. The van der Waals surface area contributed by atoms with Crippen molar-refractivity contribution < 1.29 is 14.7 Å². The Balaban J connectivity index is 0.000000956. The Morgan fingerprint density at radius 3 is 1.80 bits per heavy atom. The number of carboxylic acids is 1. The van der Waals surface area contributed by atoms with Crippen LogP contribution in [0.5, 0.6) is 0 Å². The number of carboxylic acid groups (broad SMARTS) is 1. The summed E-state index contributed by atoms with van der Waals surface area (Å²) in [5.74, 6) is -1.51. The number of rotatable bonds is 3. The number of para-hydroxylation sites is 1. The predicted molar refractivity (Wildman–Crippen MR) is 79.0 cm³/mol. The summed E-state index contributed by atoms with van der Waals surface area (Å²) < 4.78 is 0. The number of benzene rings is 2. The third kappa shape index (κ3) is 3.23. The molecular formula is C16H17NO3. The highest BCUT2D eigenvalue weighted by atomic mass is 16.4. The normalized spacial score (nSPS) is 9.30. The van der Waals surface area contributed by atoms with Crippen LogP contribution >= 0.6 is 0 Å². The van der Waals surface area contributed by atoms with Gasteiger partial charge in [-0.2, -0.15) is 0 Å². The summed E-state index contributed by atoms with van der Waals surface area (Å²) in [5.41, 5.74) is 6.48. The van der Waals surface area contributed by atoms with Gasteiger partial charge >= 0.3 is 5.97 Å². The number of carbonyl (C=O) groups excluding carboxylic acids is 1. The second-order valence-electron chi connectivity index (χ2n) is 3.77. The van der Waals surface area contributed by atoms with Crippen molar-refractivity contribution in [2.75, 3.05) is 5.73 Å². The Hall–Kier alpha value is -2.62. The quantitative estimate of drug-likeness (QED) is 0.663. The Morgan fingerprint density at radius 1 is 0.850 bits per heavy atom. The van der Waals surface area contributed by atoms with Crippen molar-refractivity contribution in [2.45, 2.75) is 13.8 Å². The molecule has 20 heavy (non-hydrogen) atoms. The van der Waals surface area contributed by atoms with Crippen LogP contribution in [0.15, 0.2) is 48.5 Å². The first-order valence-electron chi connectivity index (χ1n) is 6.33. The van der Waals surface area contributed by atoms with E-state index in [1.807, 2.05) is 13.8 Å². The highest BCUT2D eigenvalue weighted by molar-refractivity contribution is 6.16. The molecule has 0 aromatic heterocycles. The maximum absolute atomic E-state index is 12.2.